The molecule has 0 amide bonds. The monoisotopic (exact) mass is 738 g/mol. The van der Waals surface area contributed by atoms with Gasteiger partial charge in [-0.3, -0.25) is 0 Å². The molecule has 3 heteroatoms. The maximum absolute atomic E-state index is 6.69. The van der Waals surface area contributed by atoms with Gasteiger partial charge in [0.15, 0.2) is 5.82 Å². The molecule has 1 aliphatic heterocycles. The molecule has 0 saturated heterocycles. The van der Waals surface area contributed by atoms with Crippen molar-refractivity contribution in [3.05, 3.63) is 229 Å². The number of rotatable bonds is 4. The highest BCUT2D eigenvalue weighted by Crippen LogP contribution is 2.62. The number of hydrogen-bond donors (Lipinski definition) is 0. The van der Waals surface area contributed by atoms with Crippen molar-refractivity contribution >= 4 is 21.5 Å². The van der Waals surface area contributed by atoms with E-state index in [4.69, 9.17) is 14.7 Å². The Morgan fingerprint density at radius 3 is 1.69 bits per heavy atom. The summed E-state index contributed by atoms with van der Waals surface area (Å²) in [5.74, 6) is 2.48. The lowest BCUT2D eigenvalue weighted by molar-refractivity contribution is 0.436. The van der Waals surface area contributed by atoms with E-state index in [9.17, 15) is 0 Å². The minimum atomic E-state index is -0.506. The predicted molar refractivity (Wildman–Crippen MR) is 236 cm³/mol. The number of benzene rings is 9. The topological polar surface area (TPSA) is 35.0 Å². The third-order valence-electron chi connectivity index (χ3n) is 12.2. The van der Waals surface area contributed by atoms with Crippen LogP contribution in [-0.2, 0) is 5.41 Å². The second-order valence-corrected chi connectivity index (χ2v) is 15.3. The molecule has 1 spiro atoms. The largest absolute Gasteiger partial charge is 0.457 e. The molecule has 0 bridgehead atoms. The first-order chi connectivity index (χ1) is 28.7. The van der Waals surface area contributed by atoms with E-state index in [1.54, 1.807) is 0 Å². The van der Waals surface area contributed by atoms with E-state index in [0.29, 0.717) is 5.82 Å². The van der Waals surface area contributed by atoms with Gasteiger partial charge in [-0.1, -0.05) is 176 Å². The molecule has 2 heterocycles. The maximum Gasteiger partial charge on any atom is 0.160 e. The zero-order valence-corrected chi connectivity index (χ0v) is 31.4. The van der Waals surface area contributed by atoms with Crippen LogP contribution in [0.1, 0.15) is 22.3 Å². The van der Waals surface area contributed by atoms with Crippen molar-refractivity contribution < 1.29 is 4.74 Å². The van der Waals surface area contributed by atoms with Crippen molar-refractivity contribution in [1.29, 1.82) is 0 Å². The summed E-state index contributed by atoms with van der Waals surface area (Å²) in [6.07, 6.45) is 0. The van der Waals surface area contributed by atoms with Gasteiger partial charge in [0, 0.05) is 27.8 Å². The average Bonchev–Trinajstić information content (AvgIpc) is 3.59. The molecule has 12 rings (SSSR count). The van der Waals surface area contributed by atoms with E-state index in [0.717, 1.165) is 56.3 Å². The molecular formula is C55H34N2O. The molecule has 10 aromatic rings. The predicted octanol–water partition coefficient (Wildman–Crippen LogP) is 13.9. The molecule has 0 atom stereocenters. The third kappa shape index (κ3) is 4.87. The fourth-order valence-electron chi connectivity index (χ4n) is 9.50. The Labute approximate surface area is 336 Å². The Balaban J connectivity index is 0.972. The van der Waals surface area contributed by atoms with Gasteiger partial charge in [0.1, 0.15) is 11.5 Å². The van der Waals surface area contributed by atoms with Gasteiger partial charge in [0.25, 0.3) is 0 Å². The summed E-state index contributed by atoms with van der Waals surface area (Å²) in [6, 6.07) is 73.7. The molecule has 2 aliphatic rings. The summed E-state index contributed by atoms with van der Waals surface area (Å²) in [6.45, 7) is 0. The third-order valence-corrected chi connectivity index (χ3v) is 12.2. The summed E-state index contributed by atoms with van der Waals surface area (Å²) in [7, 11) is 0. The lowest BCUT2D eigenvalue weighted by Crippen LogP contribution is -2.32. The van der Waals surface area contributed by atoms with Gasteiger partial charge in [0.05, 0.1) is 16.8 Å². The summed E-state index contributed by atoms with van der Waals surface area (Å²) in [5, 5.41) is 4.92. The Hall–Kier alpha value is -7.62. The van der Waals surface area contributed by atoms with Crippen LogP contribution in [0.2, 0.25) is 0 Å². The van der Waals surface area contributed by atoms with Crippen LogP contribution in [0.4, 0.5) is 0 Å². The number of nitrogens with zero attached hydrogens (tertiary/aromatic N) is 2. The van der Waals surface area contributed by atoms with Crippen molar-refractivity contribution in [2.45, 2.75) is 5.41 Å². The second kappa shape index (κ2) is 12.7. The molecule has 270 valence electrons. The highest BCUT2D eigenvalue weighted by molar-refractivity contribution is 6.08. The normalized spacial score (nSPS) is 13.1. The van der Waals surface area contributed by atoms with E-state index in [1.807, 2.05) is 18.2 Å². The molecule has 0 fully saturated rings. The van der Waals surface area contributed by atoms with Gasteiger partial charge < -0.3 is 4.74 Å². The van der Waals surface area contributed by atoms with Crippen LogP contribution < -0.4 is 4.74 Å². The smallest absolute Gasteiger partial charge is 0.160 e. The molecule has 1 aromatic heterocycles. The summed E-state index contributed by atoms with van der Waals surface area (Å²) in [4.78, 5) is 10.3. The maximum atomic E-state index is 6.69. The minimum Gasteiger partial charge on any atom is -0.457 e. The molecular weight excluding hydrogens is 705 g/mol. The summed E-state index contributed by atoms with van der Waals surface area (Å²) >= 11 is 0. The summed E-state index contributed by atoms with van der Waals surface area (Å²) < 4.78 is 6.69. The van der Waals surface area contributed by atoms with E-state index >= 15 is 0 Å². The van der Waals surface area contributed by atoms with Gasteiger partial charge >= 0.3 is 0 Å². The highest BCUT2D eigenvalue weighted by Gasteiger charge is 2.51. The Kier molecular flexibility index (Phi) is 7.14. The number of hydrogen-bond acceptors (Lipinski definition) is 3. The molecule has 1 aliphatic carbocycles. The van der Waals surface area contributed by atoms with Gasteiger partial charge in [-0.25, -0.2) is 9.97 Å². The van der Waals surface area contributed by atoms with Gasteiger partial charge in [-0.2, -0.15) is 0 Å². The Morgan fingerprint density at radius 2 is 0.897 bits per heavy atom. The van der Waals surface area contributed by atoms with Crippen LogP contribution in [0, 0.1) is 0 Å². The average molecular weight is 739 g/mol. The standard InChI is InChI=1S/C55H34N2O/c1-2-13-38(14-3-1)54-56-50(34-51(57-54)41-28-30-43-40(32-41)27-24-36-12-4-5-15-42(36)43)37-25-22-35(23-26-37)39-29-31-53-49(33-39)55(48-20-10-11-21-52(48)58-53)46-18-8-6-16-44(46)45-17-7-9-19-47(45)55/h1-34H. The number of aromatic nitrogens is 2. The number of ether oxygens (including phenoxy) is 1. The molecule has 9 aromatic carbocycles. The first-order valence-electron chi connectivity index (χ1n) is 19.8. The lowest BCUT2D eigenvalue weighted by atomic mass is 9.66. The van der Waals surface area contributed by atoms with Gasteiger partial charge in [-0.15, -0.1) is 0 Å². The van der Waals surface area contributed by atoms with E-state index in [2.05, 4.69) is 188 Å². The number of para-hydroxylation sites is 1. The number of fused-ring (bicyclic) bond motifs is 12. The lowest BCUT2D eigenvalue weighted by Gasteiger charge is -2.39. The van der Waals surface area contributed by atoms with Crippen molar-refractivity contribution in [2.24, 2.45) is 0 Å². The van der Waals surface area contributed by atoms with E-state index in [1.165, 1.54) is 49.4 Å². The molecule has 3 nitrogen and oxygen atoms in total. The highest BCUT2D eigenvalue weighted by atomic mass is 16.5. The van der Waals surface area contributed by atoms with Gasteiger partial charge in [0.2, 0.25) is 0 Å². The van der Waals surface area contributed by atoms with Crippen LogP contribution in [0.15, 0.2) is 206 Å². The van der Waals surface area contributed by atoms with Crippen molar-refractivity contribution in [3.8, 4) is 67.7 Å². The van der Waals surface area contributed by atoms with Crippen LogP contribution in [-0.4, -0.2) is 9.97 Å². The first-order valence-corrected chi connectivity index (χ1v) is 19.8. The van der Waals surface area contributed by atoms with Crippen molar-refractivity contribution in [2.75, 3.05) is 0 Å². The van der Waals surface area contributed by atoms with Crippen LogP contribution in [0.5, 0.6) is 11.5 Å². The van der Waals surface area contributed by atoms with Gasteiger partial charge in [-0.05, 0) is 85.3 Å². The van der Waals surface area contributed by atoms with Crippen LogP contribution >= 0.6 is 0 Å². The van der Waals surface area contributed by atoms with Crippen LogP contribution in [0.3, 0.4) is 0 Å². The van der Waals surface area contributed by atoms with Crippen molar-refractivity contribution in [1.82, 2.24) is 9.97 Å². The molecule has 0 saturated carbocycles. The molecule has 0 radical (unpaired) electrons. The minimum absolute atomic E-state index is 0.506. The fraction of sp³-hybridized carbons (Fsp3) is 0.0182. The quantitative estimate of drug-likeness (QED) is 0.169. The Morgan fingerprint density at radius 1 is 0.328 bits per heavy atom. The molecule has 0 unspecified atom stereocenters. The summed E-state index contributed by atoms with van der Waals surface area (Å²) in [5.41, 5.74) is 14.0. The van der Waals surface area contributed by atoms with E-state index < -0.39 is 5.41 Å². The first kappa shape index (κ1) is 32.6. The fourth-order valence-corrected chi connectivity index (χ4v) is 9.50. The molecule has 0 N–H and O–H groups in total. The zero-order chi connectivity index (χ0) is 38.2. The zero-order valence-electron chi connectivity index (χ0n) is 31.4. The second-order valence-electron chi connectivity index (χ2n) is 15.3. The van der Waals surface area contributed by atoms with Crippen LogP contribution in [0.25, 0.3) is 77.7 Å². The van der Waals surface area contributed by atoms with E-state index in [-0.39, 0.29) is 0 Å². The Bertz CT molecular complexity index is 3210. The molecule has 58 heavy (non-hydrogen) atoms. The van der Waals surface area contributed by atoms with Crippen molar-refractivity contribution in [3.63, 3.8) is 0 Å². The SMILES string of the molecule is c1ccc(-c2nc(-c3ccc(-c4ccc5c(c4)C4(c6ccccc6O5)c5ccccc5-c5ccccc54)cc3)cc(-c3ccc4c(ccc5ccccc54)c3)n2)cc1.